The Morgan fingerprint density at radius 3 is 2.39 bits per heavy atom. The minimum absolute atomic E-state index is 0.0332. The standard InChI is InChI=1S/C35H32N6O8/c42-28-13-12-26(32(45)39-28)41-34(47)23-2-1-3-25(30(23)35(41)48)36-14-15-37-31(44)20-6-4-19(5-7-20)17-40(22-9-10-22)33(46)21-8-11-24-27(16-21)49-18-29(43)38-24/h1-8,11,16,22,26,36H,9-10,12-15,17-18H2,(H,37,44)(H,38,43)(H,39,42,45). The number of rotatable bonds is 10. The van der Waals surface area contributed by atoms with Crippen LogP contribution in [0.1, 0.15) is 72.7 Å². The molecule has 3 heterocycles. The molecule has 3 aliphatic heterocycles. The van der Waals surface area contributed by atoms with Gasteiger partial charge in [-0.1, -0.05) is 18.2 Å². The molecule has 0 spiro atoms. The number of carbonyl (C=O) groups is 7. The van der Waals surface area contributed by atoms with Crippen molar-refractivity contribution < 1.29 is 38.3 Å². The number of hydrogen-bond acceptors (Lipinski definition) is 9. The second-order valence-corrected chi connectivity index (χ2v) is 12.3. The average molecular weight is 665 g/mol. The van der Waals surface area contributed by atoms with Crippen LogP contribution in [-0.4, -0.2) is 82.9 Å². The summed E-state index contributed by atoms with van der Waals surface area (Å²) < 4.78 is 5.48. The number of imide groups is 2. The minimum Gasteiger partial charge on any atom is -0.482 e. The van der Waals surface area contributed by atoms with Crippen LogP contribution in [0.4, 0.5) is 11.4 Å². The van der Waals surface area contributed by atoms with Crippen LogP contribution >= 0.6 is 0 Å². The van der Waals surface area contributed by atoms with Crippen LogP contribution in [0.25, 0.3) is 0 Å². The smallest absolute Gasteiger partial charge is 0.264 e. The van der Waals surface area contributed by atoms with Crippen molar-refractivity contribution >= 4 is 52.7 Å². The van der Waals surface area contributed by atoms with Crippen molar-refractivity contribution in [2.24, 2.45) is 0 Å². The fourth-order valence-electron chi connectivity index (χ4n) is 6.22. The Kier molecular flexibility index (Phi) is 8.28. The Bertz CT molecular complexity index is 1920. The summed E-state index contributed by atoms with van der Waals surface area (Å²) in [4.78, 5) is 90.9. The number of ether oxygens (including phenoxy) is 1. The van der Waals surface area contributed by atoms with Gasteiger partial charge in [0.2, 0.25) is 11.8 Å². The van der Waals surface area contributed by atoms with Gasteiger partial charge in [-0.15, -0.1) is 0 Å². The maximum absolute atomic E-state index is 13.5. The van der Waals surface area contributed by atoms with E-state index in [2.05, 4.69) is 21.3 Å². The highest BCUT2D eigenvalue weighted by molar-refractivity contribution is 6.25. The molecule has 1 atom stereocenters. The third-order valence-electron chi connectivity index (χ3n) is 8.87. The first kappa shape index (κ1) is 31.5. The van der Waals surface area contributed by atoms with E-state index < -0.39 is 29.7 Å². The van der Waals surface area contributed by atoms with Gasteiger partial charge < -0.3 is 25.6 Å². The number of anilines is 2. The average Bonchev–Trinajstić information content (AvgIpc) is 3.91. The lowest BCUT2D eigenvalue weighted by atomic mass is 10.0. The molecule has 2 fully saturated rings. The van der Waals surface area contributed by atoms with Crippen LogP contribution in [0.5, 0.6) is 5.75 Å². The summed E-state index contributed by atoms with van der Waals surface area (Å²) in [6, 6.07) is 15.9. The van der Waals surface area contributed by atoms with E-state index in [1.54, 1.807) is 42.5 Å². The molecular weight excluding hydrogens is 632 g/mol. The molecule has 14 nitrogen and oxygen atoms in total. The van der Waals surface area contributed by atoms with Crippen LogP contribution in [-0.2, 0) is 20.9 Å². The van der Waals surface area contributed by atoms with Gasteiger partial charge in [-0.25, -0.2) is 0 Å². The van der Waals surface area contributed by atoms with E-state index in [0.29, 0.717) is 34.8 Å². The second-order valence-electron chi connectivity index (χ2n) is 12.3. The number of benzene rings is 3. The van der Waals surface area contributed by atoms with Crippen LogP contribution in [0.3, 0.4) is 0 Å². The van der Waals surface area contributed by atoms with Crippen LogP contribution in [0, 0.1) is 0 Å². The van der Waals surface area contributed by atoms with E-state index >= 15 is 0 Å². The summed E-state index contributed by atoms with van der Waals surface area (Å²) in [7, 11) is 0. The summed E-state index contributed by atoms with van der Waals surface area (Å²) >= 11 is 0. The SMILES string of the molecule is O=C1CCC(N2C(=O)c3cccc(NCCNC(=O)c4ccc(CN(C(=O)c5ccc6c(c5)OCC(=O)N6)C5CC5)cc4)c3C2=O)C(=O)N1. The molecule has 3 aromatic rings. The van der Waals surface area contributed by atoms with Crippen LogP contribution in [0.2, 0.25) is 0 Å². The molecule has 0 aromatic heterocycles. The molecule has 7 amide bonds. The van der Waals surface area contributed by atoms with E-state index in [-0.39, 0.29) is 67.4 Å². The number of nitrogens with one attached hydrogen (secondary N) is 4. The molecule has 1 unspecified atom stereocenters. The predicted molar refractivity (Wildman–Crippen MR) is 174 cm³/mol. The molecule has 1 aliphatic carbocycles. The lowest BCUT2D eigenvalue weighted by Crippen LogP contribution is -2.54. The zero-order valence-corrected chi connectivity index (χ0v) is 26.2. The lowest BCUT2D eigenvalue weighted by Gasteiger charge is -2.27. The first-order valence-corrected chi connectivity index (χ1v) is 16.0. The number of amides is 7. The molecule has 0 radical (unpaired) electrons. The number of fused-ring (bicyclic) bond motifs is 2. The Morgan fingerprint density at radius 1 is 0.857 bits per heavy atom. The first-order chi connectivity index (χ1) is 23.7. The van der Waals surface area contributed by atoms with Crippen molar-refractivity contribution in [1.82, 2.24) is 20.4 Å². The fourth-order valence-corrected chi connectivity index (χ4v) is 6.22. The maximum atomic E-state index is 13.5. The van der Waals surface area contributed by atoms with E-state index in [1.165, 1.54) is 6.07 Å². The van der Waals surface area contributed by atoms with E-state index in [9.17, 15) is 33.6 Å². The number of hydrogen-bond donors (Lipinski definition) is 4. The topological polar surface area (TPSA) is 183 Å². The molecule has 3 aromatic carbocycles. The zero-order chi connectivity index (χ0) is 34.2. The highest BCUT2D eigenvalue weighted by Crippen LogP contribution is 2.34. The third-order valence-corrected chi connectivity index (χ3v) is 8.87. The van der Waals surface area contributed by atoms with Crippen molar-refractivity contribution in [1.29, 1.82) is 0 Å². The monoisotopic (exact) mass is 664 g/mol. The summed E-state index contributed by atoms with van der Waals surface area (Å²) in [6.45, 7) is 0.728. The summed E-state index contributed by atoms with van der Waals surface area (Å²) in [6.07, 6.45) is 1.92. The molecule has 7 rings (SSSR count). The van der Waals surface area contributed by atoms with Gasteiger partial charge in [0, 0.05) is 48.9 Å². The van der Waals surface area contributed by atoms with Crippen molar-refractivity contribution in [3.63, 3.8) is 0 Å². The van der Waals surface area contributed by atoms with Gasteiger partial charge in [-0.3, -0.25) is 43.8 Å². The van der Waals surface area contributed by atoms with Gasteiger partial charge in [0.1, 0.15) is 11.8 Å². The Morgan fingerprint density at radius 2 is 1.63 bits per heavy atom. The van der Waals surface area contributed by atoms with Gasteiger partial charge in [-0.05, 0) is 67.3 Å². The predicted octanol–water partition coefficient (Wildman–Crippen LogP) is 2.07. The number of carbonyl (C=O) groups excluding carboxylic acids is 7. The second kappa shape index (κ2) is 12.9. The van der Waals surface area contributed by atoms with Crippen molar-refractivity contribution in [2.75, 3.05) is 30.3 Å². The van der Waals surface area contributed by atoms with Crippen molar-refractivity contribution in [3.05, 3.63) is 88.5 Å². The molecule has 4 aliphatic rings. The number of piperidine rings is 1. The van der Waals surface area contributed by atoms with E-state index in [0.717, 1.165) is 23.3 Å². The van der Waals surface area contributed by atoms with Crippen LogP contribution in [0.15, 0.2) is 60.7 Å². The van der Waals surface area contributed by atoms with E-state index in [1.807, 2.05) is 17.0 Å². The molecule has 1 saturated heterocycles. The largest absolute Gasteiger partial charge is 0.482 e. The highest BCUT2D eigenvalue weighted by atomic mass is 16.5. The Labute approximate surface area is 280 Å². The lowest BCUT2D eigenvalue weighted by molar-refractivity contribution is -0.136. The number of nitrogens with zero attached hydrogens (tertiary/aromatic N) is 2. The highest BCUT2D eigenvalue weighted by Gasteiger charge is 2.45. The van der Waals surface area contributed by atoms with Gasteiger partial charge in [0.05, 0.1) is 16.8 Å². The normalized spacial score (nSPS) is 18.2. The van der Waals surface area contributed by atoms with E-state index in [4.69, 9.17) is 4.74 Å². The molecule has 4 N–H and O–H groups in total. The molecular formula is C35H32N6O8. The third kappa shape index (κ3) is 6.32. The molecule has 14 heteroatoms. The summed E-state index contributed by atoms with van der Waals surface area (Å²) in [5, 5.41) is 10.8. The van der Waals surface area contributed by atoms with Crippen molar-refractivity contribution in [2.45, 2.75) is 44.3 Å². The Hall–Kier alpha value is -6.05. The molecule has 1 saturated carbocycles. The van der Waals surface area contributed by atoms with Gasteiger partial charge in [-0.2, -0.15) is 0 Å². The van der Waals surface area contributed by atoms with Gasteiger partial charge >= 0.3 is 0 Å². The molecule has 250 valence electrons. The summed E-state index contributed by atoms with van der Waals surface area (Å²) in [5.74, 6) is -2.56. The van der Waals surface area contributed by atoms with Gasteiger partial charge in [0.25, 0.3) is 29.5 Å². The minimum atomic E-state index is -1.06. The Balaban J connectivity index is 0.931. The summed E-state index contributed by atoms with van der Waals surface area (Å²) in [5.41, 5.74) is 3.00. The molecule has 0 bridgehead atoms. The molecule has 49 heavy (non-hydrogen) atoms. The van der Waals surface area contributed by atoms with Crippen LogP contribution < -0.4 is 26.0 Å². The fraction of sp³-hybridized carbons (Fsp3) is 0.286. The quantitative estimate of drug-likeness (QED) is 0.186. The first-order valence-electron chi connectivity index (χ1n) is 16.0. The zero-order valence-electron chi connectivity index (χ0n) is 26.2. The maximum Gasteiger partial charge on any atom is 0.264 e. The van der Waals surface area contributed by atoms with Gasteiger partial charge in [0.15, 0.2) is 6.61 Å². The van der Waals surface area contributed by atoms with Crippen molar-refractivity contribution in [3.8, 4) is 5.75 Å².